The van der Waals surface area contributed by atoms with E-state index in [4.69, 9.17) is 5.73 Å². The lowest BCUT2D eigenvalue weighted by molar-refractivity contribution is 0.552. The molecule has 7 heteroatoms. The Morgan fingerprint density at radius 3 is 2.63 bits per heavy atom. The molecule has 0 saturated carbocycles. The molecule has 0 amide bonds. The first-order valence-electron chi connectivity index (χ1n) is 6.12. The van der Waals surface area contributed by atoms with E-state index in [0.717, 1.165) is 37.8 Å². The SMILES string of the molecule is CCCCCCNS(=O)(=O)c1cc(N)c(Br)cc1F. The fourth-order valence-electron chi connectivity index (χ4n) is 1.59. The summed E-state index contributed by atoms with van der Waals surface area (Å²) in [4.78, 5) is -0.413. The Morgan fingerprint density at radius 2 is 2.00 bits per heavy atom. The molecule has 3 N–H and O–H groups in total. The molecule has 0 spiro atoms. The fourth-order valence-corrected chi connectivity index (χ4v) is 3.07. The first-order valence-corrected chi connectivity index (χ1v) is 8.40. The summed E-state index contributed by atoms with van der Waals surface area (Å²) in [7, 11) is -3.84. The highest BCUT2D eigenvalue weighted by molar-refractivity contribution is 9.10. The van der Waals surface area contributed by atoms with Gasteiger partial charge in [-0.1, -0.05) is 26.2 Å². The van der Waals surface area contributed by atoms with E-state index in [-0.39, 0.29) is 5.69 Å². The van der Waals surface area contributed by atoms with Gasteiger partial charge in [-0.25, -0.2) is 17.5 Å². The molecule has 0 aliphatic rings. The molecule has 0 aliphatic heterocycles. The molecule has 0 aromatic heterocycles. The largest absolute Gasteiger partial charge is 0.398 e. The van der Waals surface area contributed by atoms with Gasteiger partial charge in [0.05, 0.1) is 0 Å². The molecule has 0 heterocycles. The van der Waals surface area contributed by atoms with Crippen LogP contribution in [0.5, 0.6) is 0 Å². The molecule has 0 fully saturated rings. The molecule has 19 heavy (non-hydrogen) atoms. The first-order chi connectivity index (χ1) is 8.88. The van der Waals surface area contributed by atoms with Gasteiger partial charge in [-0.05, 0) is 34.5 Å². The van der Waals surface area contributed by atoms with Crippen molar-refractivity contribution in [2.24, 2.45) is 0 Å². The van der Waals surface area contributed by atoms with Gasteiger partial charge in [0.2, 0.25) is 10.0 Å². The predicted octanol–water partition coefficient (Wildman–Crippen LogP) is 3.03. The van der Waals surface area contributed by atoms with Crippen LogP contribution in [0.4, 0.5) is 10.1 Å². The Morgan fingerprint density at radius 1 is 1.32 bits per heavy atom. The summed E-state index contributed by atoms with van der Waals surface area (Å²) in [6, 6.07) is 2.18. The highest BCUT2D eigenvalue weighted by Gasteiger charge is 2.20. The minimum atomic E-state index is -3.84. The molecular weight excluding hydrogens is 335 g/mol. The van der Waals surface area contributed by atoms with Crippen molar-refractivity contribution in [2.75, 3.05) is 12.3 Å². The molecule has 4 nitrogen and oxygen atoms in total. The normalized spacial score (nSPS) is 11.7. The van der Waals surface area contributed by atoms with Crippen LogP contribution in [0.2, 0.25) is 0 Å². The number of unbranched alkanes of at least 4 members (excludes halogenated alkanes) is 3. The quantitative estimate of drug-likeness (QED) is 0.585. The molecule has 0 saturated heterocycles. The number of nitrogens with two attached hydrogens (primary N) is 1. The summed E-state index contributed by atoms with van der Waals surface area (Å²) < 4.78 is 40.2. The number of rotatable bonds is 7. The van der Waals surface area contributed by atoms with Crippen LogP contribution < -0.4 is 10.5 Å². The molecule has 0 aliphatic carbocycles. The lowest BCUT2D eigenvalue weighted by atomic mass is 10.2. The molecule has 108 valence electrons. The zero-order chi connectivity index (χ0) is 14.5. The van der Waals surface area contributed by atoms with Crippen LogP contribution in [-0.2, 0) is 10.0 Å². The molecular formula is C12H18BrFN2O2S. The van der Waals surface area contributed by atoms with Gasteiger partial charge in [-0.3, -0.25) is 0 Å². The second-order valence-electron chi connectivity index (χ2n) is 4.26. The van der Waals surface area contributed by atoms with Crippen molar-refractivity contribution in [3.05, 3.63) is 22.4 Å². The molecule has 0 atom stereocenters. The Hall–Kier alpha value is -0.660. The smallest absolute Gasteiger partial charge is 0.243 e. The third kappa shape index (κ3) is 4.74. The standard InChI is InChI=1S/C12H18BrFN2O2S/c1-2-3-4-5-6-16-19(17,18)12-8-11(15)9(13)7-10(12)14/h7-8,16H,2-6,15H2,1H3. The van der Waals surface area contributed by atoms with Crippen LogP contribution in [0.3, 0.4) is 0 Å². The van der Waals surface area contributed by atoms with E-state index >= 15 is 0 Å². The fraction of sp³-hybridized carbons (Fsp3) is 0.500. The monoisotopic (exact) mass is 352 g/mol. The van der Waals surface area contributed by atoms with Gasteiger partial charge in [0.15, 0.2) is 0 Å². The second kappa shape index (κ2) is 7.21. The maximum absolute atomic E-state index is 13.7. The average Bonchev–Trinajstić information content (AvgIpc) is 2.33. The van der Waals surface area contributed by atoms with Crippen LogP contribution in [0.15, 0.2) is 21.5 Å². The number of hydrogen-bond acceptors (Lipinski definition) is 3. The Bertz CT molecular complexity index is 535. The van der Waals surface area contributed by atoms with Gasteiger partial charge >= 0.3 is 0 Å². The van der Waals surface area contributed by atoms with Crippen molar-refractivity contribution < 1.29 is 12.8 Å². The van der Waals surface area contributed by atoms with Crippen LogP contribution >= 0.6 is 15.9 Å². The zero-order valence-corrected chi connectivity index (χ0v) is 13.2. The summed E-state index contributed by atoms with van der Waals surface area (Å²) in [5.74, 6) is -0.817. The van der Waals surface area contributed by atoms with Crippen molar-refractivity contribution in [1.29, 1.82) is 0 Å². The lowest BCUT2D eigenvalue weighted by Crippen LogP contribution is -2.25. The number of hydrogen-bond donors (Lipinski definition) is 2. The van der Waals surface area contributed by atoms with Gasteiger partial charge in [0.25, 0.3) is 0 Å². The minimum absolute atomic E-state index is 0.188. The van der Waals surface area contributed by atoms with Crippen LogP contribution in [0.25, 0.3) is 0 Å². The minimum Gasteiger partial charge on any atom is -0.398 e. The van der Waals surface area contributed by atoms with Crippen molar-refractivity contribution in [1.82, 2.24) is 4.72 Å². The summed E-state index contributed by atoms with van der Waals surface area (Å²) >= 11 is 3.05. The van der Waals surface area contributed by atoms with E-state index in [0.29, 0.717) is 11.0 Å². The highest BCUT2D eigenvalue weighted by atomic mass is 79.9. The van der Waals surface area contributed by atoms with Crippen molar-refractivity contribution >= 4 is 31.6 Å². The molecule has 1 aromatic rings. The number of nitrogen functional groups attached to an aromatic ring is 1. The van der Waals surface area contributed by atoms with Gasteiger partial charge in [0, 0.05) is 16.7 Å². The number of nitrogens with one attached hydrogen (secondary N) is 1. The lowest BCUT2D eigenvalue weighted by Gasteiger charge is -2.09. The van der Waals surface area contributed by atoms with E-state index in [1.54, 1.807) is 0 Å². The van der Waals surface area contributed by atoms with E-state index in [9.17, 15) is 12.8 Å². The highest BCUT2D eigenvalue weighted by Crippen LogP contribution is 2.25. The van der Waals surface area contributed by atoms with Gasteiger partial charge in [-0.15, -0.1) is 0 Å². The van der Waals surface area contributed by atoms with Crippen LogP contribution in [0.1, 0.15) is 32.6 Å². The molecule has 1 rings (SSSR count). The van der Waals surface area contributed by atoms with Crippen LogP contribution in [0, 0.1) is 5.82 Å². The summed E-state index contributed by atoms with van der Waals surface area (Å²) in [5.41, 5.74) is 5.76. The van der Waals surface area contributed by atoms with Gasteiger partial charge in [0.1, 0.15) is 10.7 Å². The number of halogens is 2. The second-order valence-corrected chi connectivity index (χ2v) is 6.85. The van der Waals surface area contributed by atoms with Gasteiger partial charge in [-0.2, -0.15) is 0 Å². The number of anilines is 1. The van der Waals surface area contributed by atoms with E-state index in [2.05, 4.69) is 27.6 Å². The Kier molecular flexibility index (Phi) is 6.22. The van der Waals surface area contributed by atoms with E-state index < -0.39 is 20.7 Å². The third-order valence-electron chi connectivity index (χ3n) is 2.66. The maximum Gasteiger partial charge on any atom is 0.243 e. The molecule has 0 unspecified atom stereocenters. The average molecular weight is 353 g/mol. The Balaban J connectivity index is 2.75. The Labute approximate surface area is 121 Å². The number of sulfonamides is 1. The molecule has 1 aromatic carbocycles. The van der Waals surface area contributed by atoms with E-state index in [1.807, 2.05) is 0 Å². The molecule has 0 radical (unpaired) electrons. The predicted molar refractivity (Wildman–Crippen MR) is 77.8 cm³/mol. The van der Waals surface area contributed by atoms with E-state index in [1.165, 1.54) is 0 Å². The summed E-state index contributed by atoms with van der Waals surface area (Å²) in [5, 5.41) is 0. The topological polar surface area (TPSA) is 72.2 Å². The van der Waals surface area contributed by atoms with Gasteiger partial charge < -0.3 is 5.73 Å². The zero-order valence-electron chi connectivity index (χ0n) is 10.7. The van der Waals surface area contributed by atoms with Crippen molar-refractivity contribution in [3.63, 3.8) is 0 Å². The van der Waals surface area contributed by atoms with Crippen molar-refractivity contribution in [3.8, 4) is 0 Å². The van der Waals surface area contributed by atoms with Crippen LogP contribution in [-0.4, -0.2) is 15.0 Å². The first kappa shape index (κ1) is 16.4. The summed E-state index contributed by atoms with van der Waals surface area (Å²) in [6.07, 6.45) is 3.82. The number of benzene rings is 1. The third-order valence-corrected chi connectivity index (χ3v) is 4.83. The summed E-state index contributed by atoms with van der Waals surface area (Å²) in [6.45, 7) is 2.38. The van der Waals surface area contributed by atoms with Crippen molar-refractivity contribution in [2.45, 2.75) is 37.5 Å². The molecule has 0 bridgehead atoms. The maximum atomic E-state index is 13.7.